The molecule has 8 heteroatoms. The van der Waals surface area contributed by atoms with E-state index in [0.717, 1.165) is 28.9 Å². The predicted octanol–water partition coefficient (Wildman–Crippen LogP) is 4.74. The number of hydrogen-bond donors (Lipinski definition) is 4. The summed E-state index contributed by atoms with van der Waals surface area (Å²) in [5.74, 6) is -0.192. The molecule has 1 aromatic heterocycles. The number of amides is 3. The molecule has 0 saturated carbocycles. The number of anilines is 1. The lowest BCUT2D eigenvalue weighted by molar-refractivity contribution is -0.116. The monoisotopic (exact) mass is 482 g/mol. The summed E-state index contributed by atoms with van der Waals surface area (Å²) in [6.07, 6.45) is 2.61. The highest BCUT2D eigenvalue weighted by Crippen LogP contribution is 2.20. The molecule has 1 fully saturated rings. The van der Waals surface area contributed by atoms with Gasteiger partial charge in [0.2, 0.25) is 0 Å². The number of nitrogens with zero attached hydrogens (tertiary/aromatic N) is 2. The number of aromatic nitrogens is 1. The molecule has 0 spiro atoms. The maximum Gasteiger partial charge on any atom is 0.329 e. The Morgan fingerprint density at radius 3 is 2.42 bits per heavy atom. The van der Waals surface area contributed by atoms with Gasteiger partial charge in [0.15, 0.2) is 0 Å². The van der Waals surface area contributed by atoms with E-state index < -0.39 is 11.9 Å². The van der Waals surface area contributed by atoms with Gasteiger partial charge in [-0.05, 0) is 35.7 Å². The van der Waals surface area contributed by atoms with Crippen LogP contribution in [0.15, 0.2) is 90.4 Å². The van der Waals surface area contributed by atoms with Crippen molar-refractivity contribution in [3.63, 3.8) is 0 Å². The number of imide groups is 1. The Kier molecular flexibility index (Phi) is 7.75. The zero-order valence-electron chi connectivity index (χ0n) is 20.4. The first-order valence-electron chi connectivity index (χ1n) is 12.0. The maximum atomic E-state index is 12.9. The molecule has 2 aromatic carbocycles. The number of para-hydroxylation sites is 1. The van der Waals surface area contributed by atoms with Gasteiger partial charge in [-0.25, -0.2) is 4.79 Å². The maximum absolute atomic E-state index is 12.9. The van der Waals surface area contributed by atoms with Gasteiger partial charge in [-0.1, -0.05) is 68.8 Å². The zero-order chi connectivity index (χ0) is 25.5. The number of nitrogens with one attached hydrogen (secondary N) is 4. The number of amidine groups is 1. The third kappa shape index (κ3) is 5.78. The molecule has 0 aliphatic carbocycles. The van der Waals surface area contributed by atoms with E-state index in [1.165, 1.54) is 4.90 Å². The summed E-state index contributed by atoms with van der Waals surface area (Å²) in [6, 6.07) is 22.6. The molecular formula is C28H30N6O2. The van der Waals surface area contributed by atoms with Crippen LogP contribution in [-0.4, -0.2) is 34.2 Å². The van der Waals surface area contributed by atoms with Gasteiger partial charge in [-0.3, -0.25) is 25.4 Å². The van der Waals surface area contributed by atoms with E-state index in [-0.39, 0.29) is 17.3 Å². The van der Waals surface area contributed by atoms with Crippen LogP contribution in [-0.2, 0) is 11.3 Å². The number of hydrogen-bond acceptors (Lipinski definition) is 6. The van der Waals surface area contributed by atoms with Crippen molar-refractivity contribution in [2.24, 2.45) is 5.92 Å². The molecule has 3 aromatic rings. The van der Waals surface area contributed by atoms with Crippen LogP contribution in [0.25, 0.3) is 11.3 Å². The highest BCUT2D eigenvalue weighted by Gasteiger charge is 2.36. The molecule has 1 saturated heterocycles. The summed E-state index contributed by atoms with van der Waals surface area (Å²) in [5, 5.41) is 17.7. The van der Waals surface area contributed by atoms with E-state index in [1.807, 2.05) is 86.6 Å². The van der Waals surface area contributed by atoms with Gasteiger partial charge >= 0.3 is 6.03 Å². The van der Waals surface area contributed by atoms with Crippen LogP contribution in [0.2, 0.25) is 0 Å². The number of pyridine rings is 1. The van der Waals surface area contributed by atoms with Crippen LogP contribution < -0.4 is 16.0 Å². The molecular weight excluding hydrogens is 452 g/mol. The molecule has 4 N–H and O–H groups in total. The second-order valence-corrected chi connectivity index (χ2v) is 8.74. The summed E-state index contributed by atoms with van der Waals surface area (Å²) in [6.45, 7) is 4.80. The molecule has 184 valence electrons. The van der Waals surface area contributed by atoms with E-state index in [2.05, 4.69) is 20.9 Å². The highest BCUT2D eigenvalue weighted by molar-refractivity contribution is 6.30. The van der Waals surface area contributed by atoms with E-state index in [4.69, 9.17) is 5.41 Å². The van der Waals surface area contributed by atoms with E-state index in [9.17, 15) is 9.59 Å². The van der Waals surface area contributed by atoms with Gasteiger partial charge < -0.3 is 10.6 Å². The fourth-order valence-corrected chi connectivity index (χ4v) is 3.80. The first-order chi connectivity index (χ1) is 17.5. The number of carbonyl (C=O) groups excluding carboxylic acids is 2. The summed E-state index contributed by atoms with van der Waals surface area (Å²) in [4.78, 5) is 31.1. The van der Waals surface area contributed by atoms with Crippen molar-refractivity contribution in [1.82, 2.24) is 20.5 Å². The van der Waals surface area contributed by atoms with Crippen LogP contribution in [0, 0.1) is 11.3 Å². The van der Waals surface area contributed by atoms with Gasteiger partial charge in [0.1, 0.15) is 17.2 Å². The van der Waals surface area contributed by atoms with Crippen LogP contribution in [0.1, 0.15) is 25.8 Å². The molecule has 0 radical (unpaired) electrons. The first kappa shape index (κ1) is 24.7. The lowest BCUT2D eigenvalue weighted by atomic mass is 10.1. The molecule has 36 heavy (non-hydrogen) atoms. The average molecular weight is 483 g/mol. The summed E-state index contributed by atoms with van der Waals surface area (Å²) >= 11 is 0. The Morgan fingerprint density at radius 1 is 1.03 bits per heavy atom. The van der Waals surface area contributed by atoms with Crippen molar-refractivity contribution < 1.29 is 9.59 Å². The fraction of sp³-hybridized carbons (Fsp3) is 0.214. The molecule has 1 aliphatic rings. The second kappa shape index (κ2) is 11.3. The summed E-state index contributed by atoms with van der Waals surface area (Å²) < 4.78 is 0. The van der Waals surface area contributed by atoms with Gasteiger partial charge in [0, 0.05) is 30.5 Å². The Balaban J connectivity index is 1.61. The van der Waals surface area contributed by atoms with Crippen molar-refractivity contribution in [3.8, 4) is 11.3 Å². The molecule has 2 heterocycles. The Labute approximate surface area is 211 Å². The lowest BCUT2D eigenvalue weighted by Crippen LogP contribution is -2.56. The Bertz CT molecular complexity index is 1260. The topological polar surface area (TPSA) is 110 Å². The van der Waals surface area contributed by atoms with E-state index in [0.29, 0.717) is 18.9 Å². The summed E-state index contributed by atoms with van der Waals surface area (Å²) in [7, 11) is 0. The van der Waals surface area contributed by atoms with Gasteiger partial charge in [-0.2, -0.15) is 0 Å². The first-order valence-corrected chi connectivity index (χ1v) is 12.0. The third-order valence-electron chi connectivity index (χ3n) is 6.07. The van der Waals surface area contributed by atoms with Crippen LogP contribution in [0.3, 0.4) is 0 Å². The predicted molar refractivity (Wildman–Crippen MR) is 141 cm³/mol. The number of urea groups is 1. The Morgan fingerprint density at radius 2 is 1.75 bits per heavy atom. The second-order valence-electron chi connectivity index (χ2n) is 8.74. The number of rotatable bonds is 9. The molecule has 3 amide bonds. The lowest BCUT2D eigenvalue weighted by Gasteiger charge is -2.32. The highest BCUT2D eigenvalue weighted by atomic mass is 16.2. The van der Waals surface area contributed by atoms with Crippen molar-refractivity contribution >= 4 is 23.5 Å². The quantitative estimate of drug-likeness (QED) is 0.330. The number of benzene rings is 2. The minimum Gasteiger partial charge on any atom is -0.367 e. The Hall–Kier alpha value is -4.46. The van der Waals surface area contributed by atoms with E-state index in [1.54, 1.807) is 6.20 Å². The van der Waals surface area contributed by atoms with Gasteiger partial charge in [-0.15, -0.1) is 0 Å². The molecule has 0 bridgehead atoms. The number of carbonyl (C=O) groups is 2. The fourth-order valence-electron chi connectivity index (χ4n) is 3.80. The zero-order valence-corrected chi connectivity index (χ0v) is 20.4. The SMILES string of the molecule is CC[C@H](C)CN1C(=N)/C(=C(\NCc2ccc(-c3ccccn3)cc2)Nc2ccccc2)C(=O)NC1=O. The normalized spacial score (nSPS) is 15.8. The molecule has 0 unspecified atom stereocenters. The molecule has 1 aliphatic heterocycles. The van der Waals surface area contributed by atoms with Crippen molar-refractivity contribution in [3.05, 3.63) is 96.0 Å². The van der Waals surface area contributed by atoms with Crippen molar-refractivity contribution in [1.29, 1.82) is 5.41 Å². The minimum atomic E-state index is -0.609. The molecule has 8 nitrogen and oxygen atoms in total. The van der Waals surface area contributed by atoms with Crippen molar-refractivity contribution in [2.75, 3.05) is 11.9 Å². The minimum absolute atomic E-state index is 0.0897. The standard InChI is InChI=1S/C28H30N6O2/c1-3-19(2)18-34-25(29)24(27(35)33-28(34)36)26(32-22-9-5-4-6-10-22)31-17-20-12-14-21(15-13-20)23-11-7-8-16-30-23/h4-16,19,29,31-32H,3,17-18H2,1-2H3,(H,33,35,36)/b26-24-,29-25?/t19-/m0/s1. The molecule has 1 atom stereocenters. The van der Waals surface area contributed by atoms with Crippen LogP contribution in [0.4, 0.5) is 10.5 Å². The smallest absolute Gasteiger partial charge is 0.329 e. The van der Waals surface area contributed by atoms with Crippen LogP contribution >= 0.6 is 0 Å². The summed E-state index contributed by atoms with van der Waals surface area (Å²) in [5.41, 5.74) is 3.73. The average Bonchev–Trinajstić information content (AvgIpc) is 2.90. The third-order valence-corrected chi connectivity index (χ3v) is 6.07. The van der Waals surface area contributed by atoms with E-state index >= 15 is 0 Å². The van der Waals surface area contributed by atoms with Gasteiger partial charge in [0.05, 0.1) is 5.69 Å². The van der Waals surface area contributed by atoms with Crippen molar-refractivity contribution in [2.45, 2.75) is 26.8 Å². The molecule has 4 rings (SSSR count). The van der Waals surface area contributed by atoms with Gasteiger partial charge in [0.25, 0.3) is 5.91 Å². The van der Waals surface area contributed by atoms with Crippen LogP contribution in [0.5, 0.6) is 0 Å². The largest absolute Gasteiger partial charge is 0.367 e.